The third-order valence-corrected chi connectivity index (χ3v) is 9.72. The Morgan fingerprint density at radius 3 is 1.45 bits per heavy atom. The van der Waals surface area contributed by atoms with Crippen LogP contribution in [0.25, 0.3) is 0 Å². The fraction of sp³-hybridized carbons (Fsp3) is 0.947. The van der Waals surface area contributed by atoms with E-state index in [0.29, 0.717) is 23.9 Å². The van der Waals surface area contributed by atoms with Gasteiger partial charge in [-0.1, -0.05) is 142 Å². The summed E-state index contributed by atoms with van der Waals surface area (Å²) in [6.07, 6.45) is 28.1. The Balaban J connectivity index is 4.34. The zero-order valence-corrected chi connectivity index (χ0v) is 33.2. The number of unbranched alkanes of at least 4 members (excludes halogenated alkanes) is 22. The van der Waals surface area contributed by atoms with Crippen molar-refractivity contribution in [3.8, 4) is 0 Å². The smallest absolute Gasteiger partial charge is 0.462 e. The number of nitrogens with two attached hydrogens (primary N) is 1. The first-order valence-corrected chi connectivity index (χ1v) is 21.5. The lowest BCUT2D eigenvalue weighted by Crippen LogP contribution is -2.37. The summed E-state index contributed by atoms with van der Waals surface area (Å²) in [6, 6.07) is 0. The van der Waals surface area contributed by atoms with Crippen LogP contribution in [0.1, 0.15) is 174 Å². The van der Waals surface area contributed by atoms with Crippen molar-refractivity contribution in [1.82, 2.24) is 0 Å². The number of phosphoric ester groups is 1. The predicted molar refractivity (Wildman–Crippen MR) is 200 cm³/mol. The molecular weight excluding hydrogens is 643 g/mol. The fourth-order valence-corrected chi connectivity index (χ4v) is 6.30. The average molecular weight is 722 g/mol. The molecular formula is C38H78N2O8P+. The van der Waals surface area contributed by atoms with Gasteiger partial charge >= 0.3 is 19.8 Å². The quantitative estimate of drug-likeness (QED) is 0.0278. The SMILES string of the molecule is CCCCCCCCCCCCCCCCCC(=O)OC[C@H](COP(=O)(O)OCC[N+](C)(C)C)OC(=O)CCCCCCCCCCCN. The first-order valence-electron chi connectivity index (χ1n) is 20.0. The van der Waals surface area contributed by atoms with Gasteiger partial charge in [0.15, 0.2) is 6.10 Å². The molecule has 0 saturated carbocycles. The molecule has 0 fully saturated rings. The topological polar surface area (TPSA) is 134 Å². The molecule has 0 aliphatic carbocycles. The number of carbonyl (C=O) groups excluding carboxylic acids is 2. The van der Waals surface area contributed by atoms with Crippen LogP contribution in [0.2, 0.25) is 0 Å². The Morgan fingerprint density at radius 2 is 1.02 bits per heavy atom. The van der Waals surface area contributed by atoms with Crippen molar-refractivity contribution in [1.29, 1.82) is 0 Å². The molecule has 0 heterocycles. The minimum Gasteiger partial charge on any atom is -0.462 e. The summed E-state index contributed by atoms with van der Waals surface area (Å²) in [5.41, 5.74) is 5.54. The molecule has 0 aliphatic heterocycles. The third-order valence-electron chi connectivity index (χ3n) is 8.74. The van der Waals surface area contributed by atoms with Crippen molar-refractivity contribution < 1.29 is 42.1 Å². The van der Waals surface area contributed by atoms with Crippen LogP contribution in [0.4, 0.5) is 0 Å². The molecule has 49 heavy (non-hydrogen) atoms. The summed E-state index contributed by atoms with van der Waals surface area (Å²) in [5.74, 6) is -0.808. The number of carbonyl (C=O) groups is 2. The number of nitrogens with zero attached hydrogens (tertiary/aromatic N) is 1. The van der Waals surface area contributed by atoms with E-state index >= 15 is 0 Å². The normalized spacial score (nSPS) is 13.7. The van der Waals surface area contributed by atoms with E-state index in [2.05, 4.69) is 6.92 Å². The van der Waals surface area contributed by atoms with E-state index in [4.69, 9.17) is 24.3 Å². The molecule has 0 aromatic rings. The summed E-state index contributed by atoms with van der Waals surface area (Å²) >= 11 is 0. The van der Waals surface area contributed by atoms with Crippen molar-refractivity contribution in [2.45, 2.75) is 180 Å². The number of quaternary nitrogens is 1. The van der Waals surface area contributed by atoms with Gasteiger partial charge in [-0.3, -0.25) is 18.6 Å². The molecule has 0 amide bonds. The number of likely N-dealkylation sites (N-methyl/N-ethyl adjacent to an activating group) is 1. The first kappa shape index (κ1) is 48.0. The first-order chi connectivity index (χ1) is 23.5. The number of esters is 2. The molecule has 0 bridgehead atoms. The van der Waals surface area contributed by atoms with Gasteiger partial charge in [0.1, 0.15) is 19.8 Å². The number of rotatable bonds is 37. The largest absolute Gasteiger partial charge is 0.472 e. The highest BCUT2D eigenvalue weighted by molar-refractivity contribution is 7.47. The standard InChI is InChI=1S/C38H77N2O8P/c1-5-6-7-8-9-10-11-12-13-14-15-17-20-23-26-29-37(41)45-34-36(35-47-49(43,44)46-33-32-40(2,3)4)48-38(42)30-27-24-21-18-16-19-22-25-28-31-39/h36H,5-35,39H2,1-4H3/p+1/t36-/m1/s1. The highest BCUT2D eigenvalue weighted by atomic mass is 31.2. The van der Waals surface area contributed by atoms with Gasteiger partial charge in [-0.2, -0.15) is 0 Å². The maximum absolute atomic E-state index is 12.6. The summed E-state index contributed by atoms with van der Waals surface area (Å²) in [4.78, 5) is 35.1. The lowest BCUT2D eigenvalue weighted by atomic mass is 10.0. The fourth-order valence-electron chi connectivity index (χ4n) is 5.56. The molecule has 3 N–H and O–H groups in total. The van der Waals surface area contributed by atoms with Crippen LogP contribution in [0, 0.1) is 0 Å². The van der Waals surface area contributed by atoms with Crippen LogP contribution < -0.4 is 5.73 Å². The second-order valence-electron chi connectivity index (χ2n) is 14.8. The van der Waals surface area contributed by atoms with Gasteiger partial charge in [-0.15, -0.1) is 0 Å². The van der Waals surface area contributed by atoms with Crippen molar-refractivity contribution in [2.24, 2.45) is 5.73 Å². The molecule has 0 aromatic carbocycles. The van der Waals surface area contributed by atoms with Crippen LogP contribution in [-0.4, -0.2) is 81.5 Å². The van der Waals surface area contributed by atoms with Crippen LogP contribution in [0.5, 0.6) is 0 Å². The monoisotopic (exact) mass is 722 g/mol. The van der Waals surface area contributed by atoms with Gasteiger partial charge in [-0.25, -0.2) is 4.57 Å². The molecule has 1 unspecified atom stereocenters. The van der Waals surface area contributed by atoms with Gasteiger partial charge < -0.3 is 24.6 Å². The van der Waals surface area contributed by atoms with Crippen LogP contribution in [-0.2, 0) is 32.7 Å². The van der Waals surface area contributed by atoms with E-state index in [-0.39, 0.29) is 25.6 Å². The van der Waals surface area contributed by atoms with Crippen LogP contribution in [0.15, 0.2) is 0 Å². The number of hydrogen-bond donors (Lipinski definition) is 2. The van der Waals surface area contributed by atoms with E-state index in [0.717, 1.165) is 51.5 Å². The van der Waals surface area contributed by atoms with E-state index in [1.54, 1.807) is 0 Å². The molecule has 2 atom stereocenters. The summed E-state index contributed by atoms with van der Waals surface area (Å²) in [5, 5.41) is 0. The summed E-state index contributed by atoms with van der Waals surface area (Å²) < 4.78 is 34.1. The van der Waals surface area contributed by atoms with Crippen molar-refractivity contribution >= 4 is 19.8 Å². The number of ether oxygens (including phenoxy) is 2. The summed E-state index contributed by atoms with van der Waals surface area (Å²) in [6.45, 7) is 2.93. The Kier molecular flexibility index (Phi) is 32.2. The Morgan fingerprint density at radius 1 is 0.612 bits per heavy atom. The minimum atomic E-state index is -4.36. The van der Waals surface area contributed by atoms with Gasteiger partial charge in [0, 0.05) is 12.8 Å². The Labute approximate surface area is 301 Å². The van der Waals surface area contributed by atoms with Crippen molar-refractivity contribution in [2.75, 3.05) is 54.1 Å². The molecule has 0 rings (SSSR count). The molecule has 10 nitrogen and oxygen atoms in total. The van der Waals surface area contributed by atoms with Gasteiger partial charge in [0.05, 0.1) is 27.7 Å². The second-order valence-corrected chi connectivity index (χ2v) is 16.3. The zero-order chi connectivity index (χ0) is 36.5. The molecule has 292 valence electrons. The van der Waals surface area contributed by atoms with E-state index in [9.17, 15) is 19.0 Å². The van der Waals surface area contributed by atoms with Crippen molar-refractivity contribution in [3.05, 3.63) is 0 Å². The van der Waals surface area contributed by atoms with Gasteiger partial charge in [-0.05, 0) is 25.8 Å². The molecule has 0 saturated heterocycles. The maximum Gasteiger partial charge on any atom is 0.472 e. The van der Waals surface area contributed by atoms with E-state index in [1.165, 1.54) is 103 Å². The minimum absolute atomic E-state index is 0.0314. The lowest BCUT2D eigenvalue weighted by Gasteiger charge is -2.24. The maximum atomic E-state index is 12.6. The molecule has 0 aliphatic rings. The van der Waals surface area contributed by atoms with E-state index in [1.807, 2.05) is 21.1 Å². The highest BCUT2D eigenvalue weighted by Gasteiger charge is 2.27. The third kappa shape index (κ3) is 36.6. The van der Waals surface area contributed by atoms with Crippen LogP contribution in [0.3, 0.4) is 0 Å². The average Bonchev–Trinajstić information content (AvgIpc) is 3.04. The molecule has 0 radical (unpaired) electrons. The predicted octanol–water partition coefficient (Wildman–Crippen LogP) is 9.40. The Hall–Kier alpha value is -1.03. The summed E-state index contributed by atoms with van der Waals surface area (Å²) in [7, 11) is 1.47. The van der Waals surface area contributed by atoms with Gasteiger partial charge in [0.2, 0.25) is 0 Å². The number of hydrogen-bond acceptors (Lipinski definition) is 8. The molecule has 0 aromatic heterocycles. The molecule has 11 heteroatoms. The van der Waals surface area contributed by atoms with Crippen molar-refractivity contribution in [3.63, 3.8) is 0 Å². The number of phosphoric acid groups is 1. The van der Waals surface area contributed by atoms with Crippen LogP contribution >= 0.6 is 7.82 Å². The molecule has 0 spiro atoms. The van der Waals surface area contributed by atoms with E-state index < -0.39 is 26.5 Å². The van der Waals surface area contributed by atoms with Gasteiger partial charge in [0.25, 0.3) is 0 Å². The lowest BCUT2D eigenvalue weighted by molar-refractivity contribution is -0.870. The highest BCUT2D eigenvalue weighted by Crippen LogP contribution is 2.43. The Bertz CT molecular complexity index is 824. The zero-order valence-electron chi connectivity index (χ0n) is 32.3. The second kappa shape index (κ2) is 32.8.